The molecule has 2 aromatic carbocycles. The van der Waals surface area contributed by atoms with Crippen LogP contribution in [-0.2, 0) is 4.74 Å². The zero-order chi connectivity index (χ0) is 17.6. The number of ether oxygens (including phenoxy) is 1. The summed E-state index contributed by atoms with van der Waals surface area (Å²) < 4.78 is 18.9. The quantitative estimate of drug-likeness (QED) is 0.820. The first kappa shape index (κ1) is 17.7. The van der Waals surface area contributed by atoms with E-state index in [9.17, 15) is 14.3 Å². The van der Waals surface area contributed by atoms with Crippen molar-refractivity contribution in [3.63, 3.8) is 0 Å². The molecule has 1 aliphatic rings. The molecule has 0 radical (unpaired) electrons. The normalized spacial score (nSPS) is 19.5. The van der Waals surface area contributed by atoms with E-state index in [0.717, 1.165) is 0 Å². The molecule has 0 amide bonds. The Morgan fingerprint density at radius 3 is 2.80 bits per heavy atom. The molecule has 5 heteroatoms. The number of β-amino-alcohol motifs (C(OH)–C–C–N with tert-alkyl or cyclic N) is 1. The lowest BCUT2D eigenvalue weighted by Gasteiger charge is -2.36. The van der Waals surface area contributed by atoms with Gasteiger partial charge in [-0.05, 0) is 17.7 Å². The van der Waals surface area contributed by atoms with Gasteiger partial charge >= 0.3 is 0 Å². The van der Waals surface area contributed by atoms with Crippen molar-refractivity contribution in [1.82, 2.24) is 4.90 Å². The maximum Gasteiger partial charge on any atom is 0.164 e. The molecule has 0 aromatic heterocycles. The van der Waals surface area contributed by atoms with Gasteiger partial charge in [-0.15, -0.1) is 0 Å². The van der Waals surface area contributed by atoms with Crippen molar-refractivity contribution < 1.29 is 19.0 Å². The summed E-state index contributed by atoms with van der Waals surface area (Å²) in [5.74, 6) is -0.310. The summed E-state index contributed by atoms with van der Waals surface area (Å²) in [6, 6.07) is 15.1. The number of Topliss-reactive ketones (excluding diaryl/α,β-unsaturated/α-hetero) is 1. The smallest absolute Gasteiger partial charge is 0.164 e. The Hall–Kier alpha value is -2.08. The maximum atomic E-state index is 13.4. The third-order valence-electron chi connectivity index (χ3n) is 4.51. The second-order valence-electron chi connectivity index (χ2n) is 6.29. The van der Waals surface area contributed by atoms with Gasteiger partial charge in [0.2, 0.25) is 0 Å². The van der Waals surface area contributed by atoms with Crippen LogP contribution in [0.3, 0.4) is 0 Å². The fourth-order valence-electron chi connectivity index (χ4n) is 3.11. The summed E-state index contributed by atoms with van der Waals surface area (Å²) in [5.41, 5.74) is 1.22. The molecule has 1 aliphatic heterocycles. The Balaban J connectivity index is 1.65. The van der Waals surface area contributed by atoms with Crippen molar-refractivity contribution in [2.45, 2.75) is 18.6 Å². The van der Waals surface area contributed by atoms with Gasteiger partial charge in [0, 0.05) is 31.1 Å². The van der Waals surface area contributed by atoms with E-state index in [1.807, 2.05) is 18.2 Å². The number of benzene rings is 2. The number of aliphatic hydroxyl groups excluding tert-OH is 1. The third kappa shape index (κ3) is 4.72. The number of ketones is 1. The van der Waals surface area contributed by atoms with E-state index in [2.05, 4.69) is 4.90 Å². The first-order valence-corrected chi connectivity index (χ1v) is 8.47. The van der Waals surface area contributed by atoms with Gasteiger partial charge in [0.05, 0.1) is 19.3 Å². The van der Waals surface area contributed by atoms with Gasteiger partial charge in [0.25, 0.3) is 0 Å². The Labute approximate surface area is 146 Å². The SMILES string of the molecule is O=C(C[C@H]1COCCN1C[C@@H](O)c1cccc(F)c1)c1ccccc1. The number of halogens is 1. The van der Waals surface area contributed by atoms with Crippen molar-refractivity contribution in [3.8, 4) is 0 Å². The van der Waals surface area contributed by atoms with Crippen LogP contribution in [0.1, 0.15) is 28.4 Å². The first-order chi connectivity index (χ1) is 12.1. The molecular formula is C20H22FNO3. The fourth-order valence-corrected chi connectivity index (χ4v) is 3.11. The molecule has 0 unspecified atom stereocenters. The van der Waals surface area contributed by atoms with E-state index in [-0.39, 0.29) is 17.6 Å². The number of morpholine rings is 1. The average Bonchev–Trinajstić information content (AvgIpc) is 2.64. The molecule has 132 valence electrons. The molecule has 2 atom stereocenters. The molecule has 0 spiro atoms. The predicted molar refractivity (Wildman–Crippen MR) is 92.9 cm³/mol. The number of hydrogen-bond acceptors (Lipinski definition) is 4. The number of carbonyl (C=O) groups is 1. The van der Waals surface area contributed by atoms with Crippen LogP contribution < -0.4 is 0 Å². The molecule has 1 heterocycles. The summed E-state index contributed by atoms with van der Waals surface area (Å²) in [6.45, 7) is 2.00. The van der Waals surface area contributed by atoms with Crippen molar-refractivity contribution in [2.24, 2.45) is 0 Å². The molecule has 1 saturated heterocycles. The van der Waals surface area contributed by atoms with E-state index in [1.54, 1.807) is 24.3 Å². The number of aliphatic hydroxyl groups is 1. The van der Waals surface area contributed by atoms with Gasteiger partial charge in [-0.25, -0.2) is 4.39 Å². The second kappa shape index (κ2) is 8.34. The highest BCUT2D eigenvalue weighted by atomic mass is 19.1. The zero-order valence-corrected chi connectivity index (χ0v) is 14.0. The fraction of sp³-hybridized carbons (Fsp3) is 0.350. The summed E-state index contributed by atoms with van der Waals surface area (Å²) in [4.78, 5) is 14.5. The molecule has 2 aromatic rings. The van der Waals surface area contributed by atoms with Crippen LogP contribution in [0.2, 0.25) is 0 Å². The monoisotopic (exact) mass is 343 g/mol. The van der Waals surface area contributed by atoms with E-state index in [0.29, 0.717) is 43.9 Å². The van der Waals surface area contributed by atoms with Crippen LogP contribution in [-0.4, -0.2) is 48.1 Å². The molecule has 0 aliphatic carbocycles. The van der Waals surface area contributed by atoms with Crippen LogP contribution in [0.5, 0.6) is 0 Å². The van der Waals surface area contributed by atoms with Crippen molar-refractivity contribution in [2.75, 3.05) is 26.3 Å². The highest BCUT2D eigenvalue weighted by Gasteiger charge is 2.27. The van der Waals surface area contributed by atoms with Crippen LogP contribution in [0.4, 0.5) is 4.39 Å². The minimum atomic E-state index is -0.803. The minimum Gasteiger partial charge on any atom is -0.387 e. The lowest BCUT2D eigenvalue weighted by Crippen LogP contribution is -2.48. The van der Waals surface area contributed by atoms with E-state index < -0.39 is 6.10 Å². The second-order valence-corrected chi connectivity index (χ2v) is 6.29. The van der Waals surface area contributed by atoms with Crippen LogP contribution in [0.25, 0.3) is 0 Å². The Morgan fingerprint density at radius 2 is 2.04 bits per heavy atom. The molecule has 0 saturated carbocycles. The van der Waals surface area contributed by atoms with Gasteiger partial charge in [-0.3, -0.25) is 9.69 Å². The first-order valence-electron chi connectivity index (χ1n) is 8.47. The highest BCUT2D eigenvalue weighted by Crippen LogP contribution is 2.20. The predicted octanol–water partition coefficient (Wildman–Crippen LogP) is 2.83. The molecular weight excluding hydrogens is 321 g/mol. The number of hydrogen-bond donors (Lipinski definition) is 1. The topological polar surface area (TPSA) is 49.8 Å². The van der Waals surface area contributed by atoms with Gasteiger partial charge < -0.3 is 9.84 Å². The molecule has 4 nitrogen and oxygen atoms in total. The number of rotatable bonds is 6. The molecule has 3 rings (SSSR count). The van der Waals surface area contributed by atoms with Crippen molar-refractivity contribution >= 4 is 5.78 Å². The molecule has 25 heavy (non-hydrogen) atoms. The number of nitrogens with zero attached hydrogens (tertiary/aromatic N) is 1. The van der Waals surface area contributed by atoms with Crippen LogP contribution in [0.15, 0.2) is 54.6 Å². The zero-order valence-electron chi connectivity index (χ0n) is 14.0. The van der Waals surface area contributed by atoms with Gasteiger partial charge in [0.1, 0.15) is 5.82 Å². The summed E-state index contributed by atoms with van der Waals surface area (Å²) in [6.07, 6.45) is -0.469. The summed E-state index contributed by atoms with van der Waals surface area (Å²) >= 11 is 0. The van der Waals surface area contributed by atoms with Crippen molar-refractivity contribution in [1.29, 1.82) is 0 Å². The van der Waals surface area contributed by atoms with Crippen LogP contribution >= 0.6 is 0 Å². The summed E-state index contributed by atoms with van der Waals surface area (Å²) in [5, 5.41) is 10.4. The highest BCUT2D eigenvalue weighted by molar-refractivity contribution is 5.96. The summed E-state index contributed by atoms with van der Waals surface area (Å²) in [7, 11) is 0. The lowest BCUT2D eigenvalue weighted by molar-refractivity contribution is -0.0272. The molecule has 1 N–H and O–H groups in total. The Kier molecular flexibility index (Phi) is 5.91. The number of carbonyl (C=O) groups excluding carboxylic acids is 1. The van der Waals surface area contributed by atoms with E-state index >= 15 is 0 Å². The van der Waals surface area contributed by atoms with Gasteiger partial charge in [-0.2, -0.15) is 0 Å². The Morgan fingerprint density at radius 1 is 1.24 bits per heavy atom. The lowest BCUT2D eigenvalue weighted by atomic mass is 10.0. The minimum absolute atomic E-state index is 0.0568. The molecule has 0 bridgehead atoms. The largest absolute Gasteiger partial charge is 0.387 e. The van der Waals surface area contributed by atoms with E-state index in [1.165, 1.54) is 12.1 Å². The van der Waals surface area contributed by atoms with Crippen molar-refractivity contribution in [3.05, 3.63) is 71.5 Å². The standard InChI is InChI=1S/C20H22FNO3/c21-17-8-4-7-16(11-17)20(24)13-22-9-10-25-14-18(22)12-19(23)15-5-2-1-3-6-15/h1-8,11,18,20,24H,9-10,12-14H2/t18-,20+/m0/s1. The van der Waals surface area contributed by atoms with E-state index in [4.69, 9.17) is 4.74 Å². The van der Waals surface area contributed by atoms with Gasteiger partial charge in [-0.1, -0.05) is 42.5 Å². The maximum absolute atomic E-state index is 13.4. The Bertz CT molecular complexity index is 707. The third-order valence-corrected chi connectivity index (χ3v) is 4.51. The van der Waals surface area contributed by atoms with Gasteiger partial charge in [0.15, 0.2) is 5.78 Å². The average molecular weight is 343 g/mol. The van der Waals surface area contributed by atoms with Crippen LogP contribution in [0, 0.1) is 5.82 Å². The molecule has 1 fully saturated rings.